The zero-order valence-corrected chi connectivity index (χ0v) is 6.02. The lowest BCUT2D eigenvalue weighted by atomic mass is 10.2. The fraction of sp³-hybridized carbons (Fsp3) is 1.00. The molecule has 3 nitrogen and oxygen atoms in total. The van der Waals surface area contributed by atoms with Gasteiger partial charge in [0.15, 0.2) is 0 Å². The third kappa shape index (κ3) is 4.39. The van der Waals surface area contributed by atoms with Gasteiger partial charge in [-0.3, -0.25) is 5.32 Å². The maximum Gasteiger partial charge on any atom is 0.222 e. The van der Waals surface area contributed by atoms with Crippen LogP contribution in [0.2, 0.25) is 0 Å². The molecular formula is C6H15NO2. The van der Waals surface area contributed by atoms with Gasteiger partial charge in [0.2, 0.25) is 5.91 Å². The predicted molar refractivity (Wildman–Crippen MR) is 35.8 cm³/mol. The van der Waals surface area contributed by atoms with Gasteiger partial charge in [-0.25, -0.2) is 0 Å². The van der Waals surface area contributed by atoms with Crippen molar-refractivity contribution in [3.8, 4) is 0 Å². The lowest BCUT2D eigenvalue weighted by Gasteiger charge is -2.20. The predicted octanol–water partition coefficient (Wildman–Crippen LogP) is 0.0344. The van der Waals surface area contributed by atoms with Crippen LogP contribution in [0.3, 0.4) is 0 Å². The van der Waals surface area contributed by atoms with E-state index in [2.05, 4.69) is 5.32 Å². The van der Waals surface area contributed by atoms with Gasteiger partial charge in [-0.2, -0.15) is 0 Å². The highest BCUT2D eigenvalue weighted by atomic mass is 16.5. The van der Waals surface area contributed by atoms with E-state index in [4.69, 9.17) is 10.2 Å². The Morgan fingerprint density at radius 3 is 2.22 bits per heavy atom. The van der Waals surface area contributed by atoms with Crippen molar-refractivity contribution in [3.05, 3.63) is 0 Å². The van der Waals surface area contributed by atoms with Crippen molar-refractivity contribution >= 4 is 0 Å². The summed E-state index contributed by atoms with van der Waals surface area (Å²) in [6, 6.07) is 0. The minimum absolute atomic E-state index is 0.376. The quantitative estimate of drug-likeness (QED) is 0.474. The third-order valence-corrected chi connectivity index (χ3v) is 1.06. The molecular weight excluding hydrogens is 118 g/mol. The zero-order valence-electron chi connectivity index (χ0n) is 6.02. The zero-order chi connectivity index (χ0) is 7.33. The van der Waals surface area contributed by atoms with E-state index in [1.165, 1.54) is 0 Å². The summed E-state index contributed by atoms with van der Waals surface area (Å²) in [6.45, 7) is 4.31. The SMILES string of the molecule is CCCC(O)(O)NCC. The van der Waals surface area contributed by atoms with Crippen LogP contribution in [0.25, 0.3) is 0 Å². The van der Waals surface area contributed by atoms with Gasteiger partial charge < -0.3 is 10.2 Å². The van der Waals surface area contributed by atoms with Crippen LogP contribution in [0, 0.1) is 0 Å². The molecule has 0 aromatic rings. The Morgan fingerprint density at radius 2 is 1.89 bits per heavy atom. The first-order chi connectivity index (χ1) is 4.12. The van der Waals surface area contributed by atoms with Crippen molar-refractivity contribution in [2.75, 3.05) is 6.54 Å². The monoisotopic (exact) mass is 133 g/mol. The highest BCUT2D eigenvalue weighted by molar-refractivity contribution is 4.57. The summed E-state index contributed by atoms with van der Waals surface area (Å²) >= 11 is 0. The van der Waals surface area contributed by atoms with E-state index < -0.39 is 5.91 Å². The van der Waals surface area contributed by atoms with Gasteiger partial charge in [0.25, 0.3) is 0 Å². The van der Waals surface area contributed by atoms with Gasteiger partial charge in [-0.15, -0.1) is 0 Å². The van der Waals surface area contributed by atoms with Crippen LogP contribution in [0.1, 0.15) is 26.7 Å². The molecule has 0 aromatic heterocycles. The molecule has 0 unspecified atom stereocenters. The molecule has 56 valence electrons. The maximum absolute atomic E-state index is 8.96. The summed E-state index contributed by atoms with van der Waals surface area (Å²) in [5.41, 5.74) is 0. The molecule has 0 saturated carbocycles. The minimum Gasteiger partial charge on any atom is -0.353 e. The number of hydrogen-bond donors (Lipinski definition) is 3. The Bertz CT molecular complexity index is 65.5. The van der Waals surface area contributed by atoms with E-state index in [9.17, 15) is 0 Å². The van der Waals surface area contributed by atoms with E-state index in [1.54, 1.807) is 0 Å². The summed E-state index contributed by atoms with van der Waals surface area (Å²) < 4.78 is 0. The first-order valence-corrected chi connectivity index (χ1v) is 3.32. The van der Waals surface area contributed by atoms with Crippen molar-refractivity contribution in [2.45, 2.75) is 32.6 Å². The second kappa shape index (κ2) is 3.82. The van der Waals surface area contributed by atoms with Crippen LogP contribution in [0.15, 0.2) is 0 Å². The van der Waals surface area contributed by atoms with Crippen LogP contribution >= 0.6 is 0 Å². The fourth-order valence-electron chi connectivity index (χ4n) is 0.720. The third-order valence-electron chi connectivity index (χ3n) is 1.06. The van der Waals surface area contributed by atoms with Crippen molar-refractivity contribution in [2.24, 2.45) is 0 Å². The van der Waals surface area contributed by atoms with E-state index in [0.717, 1.165) is 6.42 Å². The van der Waals surface area contributed by atoms with Gasteiger partial charge in [0, 0.05) is 6.42 Å². The molecule has 0 atom stereocenters. The molecule has 0 aliphatic rings. The normalized spacial score (nSPS) is 12.0. The average molecular weight is 133 g/mol. The summed E-state index contributed by atoms with van der Waals surface area (Å²) in [5.74, 6) is -1.65. The maximum atomic E-state index is 8.96. The summed E-state index contributed by atoms with van der Waals surface area (Å²) in [7, 11) is 0. The highest BCUT2D eigenvalue weighted by Gasteiger charge is 2.18. The number of nitrogens with one attached hydrogen (secondary N) is 1. The lowest BCUT2D eigenvalue weighted by Crippen LogP contribution is -2.44. The van der Waals surface area contributed by atoms with Crippen molar-refractivity contribution in [3.63, 3.8) is 0 Å². The molecule has 0 fully saturated rings. The Kier molecular flexibility index (Phi) is 3.77. The van der Waals surface area contributed by atoms with Gasteiger partial charge in [-0.1, -0.05) is 13.8 Å². The van der Waals surface area contributed by atoms with E-state index >= 15 is 0 Å². The van der Waals surface area contributed by atoms with Crippen molar-refractivity contribution in [1.29, 1.82) is 0 Å². The van der Waals surface area contributed by atoms with Gasteiger partial charge in [0.1, 0.15) is 0 Å². The second-order valence-corrected chi connectivity index (χ2v) is 2.10. The summed E-state index contributed by atoms with van der Waals surface area (Å²) in [6.07, 6.45) is 1.14. The number of rotatable bonds is 4. The summed E-state index contributed by atoms with van der Waals surface area (Å²) in [5, 5.41) is 20.5. The lowest BCUT2D eigenvalue weighted by molar-refractivity contribution is -0.188. The van der Waals surface area contributed by atoms with Gasteiger partial charge >= 0.3 is 0 Å². The molecule has 0 saturated heterocycles. The molecule has 0 aromatic carbocycles. The first kappa shape index (κ1) is 8.88. The molecule has 3 N–H and O–H groups in total. The van der Waals surface area contributed by atoms with Crippen LogP contribution in [0.5, 0.6) is 0 Å². The average Bonchev–Trinajstić information content (AvgIpc) is 1.64. The van der Waals surface area contributed by atoms with Crippen LogP contribution in [0.4, 0.5) is 0 Å². The first-order valence-electron chi connectivity index (χ1n) is 3.32. The van der Waals surface area contributed by atoms with E-state index in [1.807, 2.05) is 13.8 Å². The molecule has 0 amide bonds. The standard InChI is InChI=1S/C6H15NO2/c1-3-5-6(8,9)7-4-2/h7-9H,3-5H2,1-2H3. The minimum atomic E-state index is -1.65. The highest BCUT2D eigenvalue weighted by Crippen LogP contribution is 2.02. The topological polar surface area (TPSA) is 52.5 Å². The molecule has 9 heavy (non-hydrogen) atoms. The molecule has 0 heterocycles. The van der Waals surface area contributed by atoms with Crippen LogP contribution in [-0.2, 0) is 0 Å². The molecule has 0 aliphatic carbocycles. The van der Waals surface area contributed by atoms with Crippen molar-refractivity contribution < 1.29 is 10.2 Å². The van der Waals surface area contributed by atoms with Gasteiger partial charge in [-0.05, 0) is 13.0 Å². The molecule has 0 radical (unpaired) electrons. The Hall–Kier alpha value is -0.120. The molecule has 0 bridgehead atoms. The molecule has 0 aliphatic heterocycles. The number of hydrogen-bond acceptors (Lipinski definition) is 3. The fourth-order valence-corrected chi connectivity index (χ4v) is 0.720. The Balaban J connectivity index is 3.43. The second-order valence-electron chi connectivity index (χ2n) is 2.10. The molecule has 0 rings (SSSR count). The van der Waals surface area contributed by atoms with Crippen LogP contribution in [-0.4, -0.2) is 22.7 Å². The van der Waals surface area contributed by atoms with E-state index in [-0.39, 0.29) is 0 Å². The Morgan fingerprint density at radius 1 is 1.33 bits per heavy atom. The van der Waals surface area contributed by atoms with E-state index in [0.29, 0.717) is 13.0 Å². The smallest absolute Gasteiger partial charge is 0.222 e. The largest absolute Gasteiger partial charge is 0.353 e. The van der Waals surface area contributed by atoms with Crippen molar-refractivity contribution in [1.82, 2.24) is 5.32 Å². The molecule has 0 spiro atoms. The van der Waals surface area contributed by atoms with Crippen LogP contribution < -0.4 is 5.32 Å². The molecule has 3 heteroatoms. The van der Waals surface area contributed by atoms with Gasteiger partial charge in [0.05, 0.1) is 0 Å². The Labute approximate surface area is 55.7 Å². The summed E-state index contributed by atoms with van der Waals surface area (Å²) in [4.78, 5) is 0. The number of aliphatic hydroxyl groups is 2.